The molecule has 0 heterocycles. The summed E-state index contributed by atoms with van der Waals surface area (Å²) < 4.78 is 0.714. The second-order valence-electron chi connectivity index (χ2n) is 2.84. The molecule has 0 fully saturated rings. The lowest BCUT2D eigenvalue weighted by Gasteiger charge is -2.08. The lowest BCUT2D eigenvalue weighted by atomic mass is 10.3. The summed E-state index contributed by atoms with van der Waals surface area (Å²) in [6.07, 6.45) is 2.54. The monoisotopic (exact) mass is 323 g/mol. The Kier molecular flexibility index (Phi) is 5.12. The molecule has 16 heavy (non-hydrogen) atoms. The summed E-state index contributed by atoms with van der Waals surface area (Å²) in [4.78, 5) is 10.2. The third-order valence-electron chi connectivity index (χ3n) is 1.71. The van der Waals surface area contributed by atoms with Crippen LogP contribution in [-0.2, 0) is 4.79 Å². The van der Waals surface area contributed by atoms with E-state index in [2.05, 4.69) is 21.2 Å². The molecule has 86 valence electrons. The van der Waals surface area contributed by atoms with E-state index in [1.807, 2.05) is 0 Å². The summed E-state index contributed by atoms with van der Waals surface area (Å²) in [5, 5.41) is 12.2. The number of halogens is 3. The van der Waals surface area contributed by atoms with Crippen molar-refractivity contribution in [3.05, 3.63) is 38.8 Å². The number of aliphatic carboxylic acids is 1. The second kappa shape index (κ2) is 6.13. The lowest BCUT2D eigenvalue weighted by Crippen LogP contribution is -2.00. The average molecular weight is 325 g/mol. The SMILES string of the molecule is O=C(O)/C=C/CNc1ccc(Br)c(Cl)c1Cl. The summed E-state index contributed by atoms with van der Waals surface area (Å²) in [6, 6.07) is 3.52. The number of rotatable bonds is 4. The third kappa shape index (κ3) is 3.70. The van der Waals surface area contributed by atoms with E-state index in [9.17, 15) is 4.79 Å². The predicted molar refractivity (Wildman–Crippen MR) is 69.4 cm³/mol. The molecule has 0 amide bonds. The van der Waals surface area contributed by atoms with Gasteiger partial charge in [0.05, 0.1) is 15.7 Å². The zero-order valence-electron chi connectivity index (χ0n) is 8.01. The molecule has 1 aromatic carbocycles. The van der Waals surface area contributed by atoms with Gasteiger partial charge in [0, 0.05) is 17.1 Å². The number of hydrogen-bond acceptors (Lipinski definition) is 2. The highest BCUT2D eigenvalue weighted by Gasteiger charge is 2.07. The van der Waals surface area contributed by atoms with Gasteiger partial charge in [-0.3, -0.25) is 0 Å². The summed E-state index contributed by atoms with van der Waals surface area (Å²) >= 11 is 15.1. The van der Waals surface area contributed by atoms with E-state index in [-0.39, 0.29) is 0 Å². The van der Waals surface area contributed by atoms with Crippen LogP contribution in [0.25, 0.3) is 0 Å². The zero-order chi connectivity index (χ0) is 12.1. The average Bonchev–Trinajstić information content (AvgIpc) is 2.23. The maximum absolute atomic E-state index is 10.2. The van der Waals surface area contributed by atoms with Crippen LogP contribution in [0, 0.1) is 0 Å². The van der Waals surface area contributed by atoms with Crippen LogP contribution in [0.15, 0.2) is 28.8 Å². The molecule has 3 nitrogen and oxygen atoms in total. The van der Waals surface area contributed by atoms with E-state index in [1.54, 1.807) is 12.1 Å². The summed E-state index contributed by atoms with van der Waals surface area (Å²) in [5.74, 6) is -0.985. The van der Waals surface area contributed by atoms with Gasteiger partial charge in [-0.05, 0) is 28.1 Å². The highest BCUT2D eigenvalue weighted by molar-refractivity contribution is 9.10. The van der Waals surface area contributed by atoms with Gasteiger partial charge >= 0.3 is 5.97 Å². The summed E-state index contributed by atoms with van der Waals surface area (Å²) in [5.41, 5.74) is 0.657. The van der Waals surface area contributed by atoms with Crippen LogP contribution in [0.2, 0.25) is 10.0 Å². The molecule has 6 heteroatoms. The Morgan fingerprint density at radius 2 is 2.12 bits per heavy atom. The van der Waals surface area contributed by atoms with Crippen molar-refractivity contribution >= 4 is 50.8 Å². The van der Waals surface area contributed by atoms with Gasteiger partial charge in [0.2, 0.25) is 0 Å². The van der Waals surface area contributed by atoms with E-state index >= 15 is 0 Å². The molecular weight excluding hydrogens is 317 g/mol. The number of carboxylic acid groups (broad SMARTS) is 1. The summed E-state index contributed by atoms with van der Waals surface area (Å²) in [7, 11) is 0. The van der Waals surface area contributed by atoms with Gasteiger partial charge in [0.1, 0.15) is 0 Å². The van der Waals surface area contributed by atoms with Crippen molar-refractivity contribution in [3.63, 3.8) is 0 Å². The van der Waals surface area contributed by atoms with Gasteiger partial charge in [-0.15, -0.1) is 0 Å². The van der Waals surface area contributed by atoms with Crippen molar-refractivity contribution in [1.29, 1.82) is 0 Å². The molecule has 0 spiro atoms. The van der Waals surface area contributed by atoms with Crippen LogP contribution in [-0.4, -0.2) is 17.6 Å². The number of carbonyl (C=O) groups is 1. The van der Waals surface area contributed by atoms with Crippen molar-refractivity contribution in [2.24, 2.45) is 0 Å². The molecule has 0 saturated heterocycles. The minimum absolute atomic E-state index is 0.365. The van der Waals surface area contributed by atoms with Crippen molar-refractivity contribution in [1.82, 2.24) is 0 Å². The van der Waals surface area contributed by atoms with E-state index < -0.39 is 5.97 Å². The number of benzene rings is 1. The zero-order valence-corrected chi connectivity index (χ0v) is 11.1. The molecule has 0 bridgehead atoms. The molecule has 0 unspecified atom stereocenters. The molecule has 0 aliphatic rings. The van der Waals surface area contributed by atoms with Crippen LogP contribution in [0.1, 0.15) is 0 Å². The minimum Gasteiger partial charge on any atom is -0.478 e. The van der Waals surface area contributed by atoms with Gasteiger partial charge in [-0.2, -0.15) is 0 Å². The van der Waals surface area contributed by atoms with Crippen LogP contribution >= 0.6 is 39.1 Å². The Balaban J connectivity index is 2.68. The molecule has 0 aliphatic carbocycles. The van der Waals surface area contributed by atoms with Crippen LogP contribution in [0.4, 0.5) is 5.69 Å². The van der Waals surface area contributed by atoms with Crippen LogP contribution in [0.3, 0.4) is 0 Å². The quantitative estimate of drug-likeness (QED) is 0.654. The van der Waals surface area contributed by atoms with Crippen LogP contribution in [0.5, 0.6) is 0 Å². The smallest absolute Gasteiger partial charge is 0.328 e. The largest absolute Gasteiger partial charge is 0.478 e. The van der Waals surface area contributed by atoms with E-state index in [0.29, 0.717) is 26.8 Å². The van der Waals surface area contributed by atoms with Crippen LogP contribution < -0.4 is 5.32 Å². The highest BCUT2D eigenvalue weighted by atomic mass is 79.9. The Morgan fingerprint density at radius 3 is 2.75 bits per heavy atom. The molecular formula is C10H8BrCl2NO2. The predicted octanol–water partition coefficient (Wildman–Crippen LogP) is 3.81. The van der Waals surface area contributed by atoms with E-state index in [0.717, 1.165) is 6.08 Å². The number of nitrogens with one attached hydrogen (secondary N) is 1. The minimum atomic E-state index is -0.985. The standard InChI is InChI=1S/C10H8BrCl2NO2/c11-6-3-4-7(10(13)9(6)12)14-5-1-2-8(15)16/h1-4,14H,5H2,(H,15,16)/b2-1+. The van der Waals surface area contributed by atoms with Gasteiger partial charge in [-0.25, -0.2) is 4.79 Å². The third-order valence-corrected chi connectivity index (χ3v) is 3.48. The van der Waals surface area contributed by atoms with Crippen molar-refractivity contribution < 1.29 is 9.90 Å². The fraction of sp³-hybridized carbons (Fsp3) is 0.100. The van der Waals surface area contributed by atoms with E-state index in [1.165, 1.54) is 6.08 Å². The van der Waals surface area contributed by atoms with Gasteiger partial charge in [0.25, 0.3) is 0 Å². The first-order valence-electron chi connectivity index (χ1n) is 4.29. The summed E-state index contributed by atoms with van der Waals surface area (Å²) in [6.45, 7) is 0.365. The van der Waals surface area contributed by atoms with Crippen molar-refractivity contribution in [3.8, 4) is 0 Å². The fourth-order valence-corrected chi connectivity index (χ4v) is 1.83. The van der Waals surface area contributed by atoms with Gasteiger partial charge in [0.15, 0.2) is 0 Å². The normalized spacial score (nSPS) is 10.7. The molecule has 0 radical (unpaired) electrons. The Hall–Kier alpha value is -0.710. The first-order valence-corrected chi connectivity index (χ1v) is 5.84. The maximum atomic E-state index is 10.2. The van der Waals surface area contributed by atoms with Crippen molar-refractivity contribution in [2.45, 2.75) is 0 Å². The molecule has 2 N–H and O–H groups in total. The lowest BCUT2D eigenvalue weighted by molar-refractivity contribution is -0.131. The molecule has 0 atom stereocenters. The number of anilines is 1. The Morgan fingerprint density at radius 1 is 1.44 bits per heavy atom. The second-order valence-corrected chi connectivity index (χ2v) is 4.45. The van der Waals surface area contributed by atoms with Gasteiger partial charge < -0.3 is 10.4 Å². The highest BCUT2D eigenvalue weighted by Crippen LogP contribution is 2.35. The van der Waals surface area contributed by atoms with E-state index in [4.69, 9.17) is 28.3 Å². The molecule has 0 saturated carbocycles. The van der Waals surface area contributed by atoms with Crippen molar-refractivity contribution in [2.75, 3.05) is 11.9 Å². The fourth-order valence-electron chi connectivity index (χ4n) is 0.991. The molecule has 0 aromatic heterocycles. The number of hydrogen-bond donors (Lipinski definition) is 2. The Bertz CT molecular complexity index is 435. The molecule has 1 rings (SSSR count). The first-order chi connectivity index (χ1) is 7.52. The Labute approximate surface area is 111 Å². The van der Waals surface area contributed by atoms with Gasteiger partial charge in [-0.1, -0.05) is 29.3 Å². The number of carboxylic acids is 1. The first kappa shape index (κ1) is 13.4. The molecule has 1 aromatic rings. The maximum Gasteiger partial charge on any atom is 0.328 e. The topological polar surface area (TPSA) is 49.3 Å². The molecule has 0 aliphatic heterocycles.